The molecule has 0 aliphatic heterocycles. The Labute approximate surface area is 312 Å². The molecule has 298 valence electrons. The number of nitrogens with one attached hydrogen (secondary N) is 2. The summed E-state index contributed by atoms with van der Waals surface area (Å²) in [4.78, 5) is 12.4. The number of ether oxygens (including phenoxy) is 1. The van der Waals surface area contributed by atoms with Crippen LogP contribution in [0.3, 0.4) is 0 Å². The van der Waals surface area contributed by atoms with Crippen molar-refractivity contribution in [1.29, 1.82) is 0 Å². The first-order valence-electron chi connectivity index (χ1n) is 18.3. The number of halogens is 3. The second-order valence-corrected chi connectivity index (χ2v) is 11.8. The number of methoxy groups -OCH3 is 1. The van der Waals surface area contributed by atoms with E-state index in [1.165, 1.54) is 37.3 Å². The van der Waals surface area contributed by atoms with Crippen molar-refractivity contribution < 1.29 is 22.7 Å². The second kappa shape index (κ2) is 28.7. The lowest BCUT2D eigenvalue weighted by molar-refractivity contribution is -0.109. The molecule has 0 saturated carbocycles. The highest BCUT2D eigenvalue weighted by Crippen LogP contribution is 2.31. The Balaban J connectivity index is 0. The average Bonchev–Trinajstić information content (AvgIpc) is 3.26. The zero-order chi connectivity index (χ0) is 40.3. The van der Waals surface area contributed by atoms with Crippen LogP contribution in [0.15, 0.2) is 70.8 Å². The lowest BCUT2D eigenvalue weighted by atomic mass is 10.0. The topological polar surface area (TPSA) is 127 Å². The van der Waals surface area contributed by atoms with Crippen LogP contribution in [0.2, 0.25) is 0 Å². The van der Waals surface area contributed by atoms with Gasteiger partial charge in [0.25, 0.3) is 0 Å². The van der Waals surface area contributed by atoms with E-state index < -0.39 is 11.7 Å². The fraction of sp³-hybridized carbons (Fsp3) is 0.590. The summed E-state index contributed by atoms with van der Waals surface area (Å²) in [6.45, 7) is 19.9. The Bertz CT molecular complexity index is 1330. The van der Waals surface area contributed by atoms with Gasteiger partial charge in [0.1, 0.15) is 5.76 Å². The number of nitrogens with zero attached hydrogens (tertiary/aromatic N) is 4. The van der Waals surface area contributed by atoms with Gasteiger partial charge in [0.2, 0.25) is 6.41 Å². The van der Waals surface area contributed by atoms with Crippen molar-refractivity contribution in [3.05, 3.63) is 82.1 Å². The smallest absolute Gasteiger partial charge is 0.416 e. The minimum Gasteiger partial charge on any atom is -0.497 e. The third-order valence-electron chi connectivity index (χ3n) is 7.91. The second-order valence-electron chi connectivity index (χ2n) is 11.8. The Morgan fingerprint density at radius 3 is 2.29 bits per heavy atom. The highest BCUT2D eigenvalue weighted by atomic mass is 19.4. The largest absolute Gasteiger partial charge is 0.497 e. The predicted octanol–water partition coefficient (Wildman–Crippen LogP) is 7.29. The van der Waals surface area contributed by atoms with Gasteiger partial charge in [-0.3, -0.25) is 9.48 Å². The van der Waals surface area contributed by atoms with E-state index in [0.29, 0.717) is 23.4 Å². The minimum atomic E-state index is -4.40. The van der Waals surface area contributed by atoms with E-state index in [4.69, 9.17) is 16.3 Å². The number of rotatable bonds is 13. The van der Waals surface area contributed by atoms with Gasteiger partial charge >= 0.3 is 6.18 Å². The molecule has 2 aliphatic carbocycles. The number of hydrogen-bond acceptors (Lipinski definition) is 8. The first-order chi connectivity index (χ1) is 24.7. The van der Waals surface area contributed by atoms with Gasteiger partial charge in [-0.1, -0.05) is 65.3 Å². The SMILES string of the molecule is CC.CC.CCC1=CC=C(C)C(N(N)/C=C(\N)c2cnn(C)c2C)CC1.CCNCCCN(C)C.COC1=CCC=C(C(F)(F)F)C=C1CNC=O. The summed E-state index contributed by atoms with van der Waals surface area (Å²) in [5.74, 6) is 6.62. The van der Waals surface area contributed by atoms with Crippen molar-refractivity contribution in [2.75, 3.05) is 47.4 Å². The third kappa shape index (κ3) is 19.7. The number of carbonyl (C=O) groups excluding carboxylic acids is 1. The fourth-order valence-electron chi connectivity index (χ4n) is 4.92. The van der Waals surface area contributed by atoms with Crippen LogP contribution in [-0.2, 0) is 16.6 Å². The van der Waals surface area contributed by atoms with Gasteiger partial charge in [0, 0.05) is 36.6 Å². The van der Waals surface area contributed by atoms with Crippen LogP contribution < -0.4 is 22.2 Å². The summed E-state index contributed by atoms with van der Waals surface area (Å²) in [6.07, 6.45) is 12.2. The fourth-order valence-corrected chi connectivity index (χ4v) is 4.92. The monoisotopic (exact) mass is 739 g/mol. The zero-order valence-electron chi connectivity index (χ0n) is 34.0. The normalized spacial score (nSPS) is 15.7. The number of allylic oxidation sites excluding steroid dienone is 7. The molecule has 1 amide bonds. The van der Waals surface area contributed by atoms with Gasteiger partial charge in [-0.15, -0.1) is 0 Å². The molecule has 0 saturated heterocycles. The molecule has 0 fully saturated rings. The Morgan fingerprint density at radius 2 is 1.79 bits per heavy atom. The number of alkyl halides is 3. The third-order valence-corrected chi connectivity index (χ3v) is 7.91. The molecule has 1 atom stereocenters. The van der Waals surface area contributed by atoms with Crippen molar-refractivity contribution in [3.63, 3.8) is 0 Å². The molecule has 1 aromatic heterocycles. The Hall–Kier alpha value is -3.81. The molecule has 52 heavy (non-hydrogen) atoms. The summed E-state index contributed by atoms with van der Waals surface area (Å²) in [5, 5.41) is 11.6. The van der Waals surface area contributed by atoms with Gasteiger partial charge < -0.3 is 31.0 Å². The van der Waals surface area contributed by atoms with Gasteiger partial charge in [-0.2, -0.15) is 18.3 Å². The lowest BCUT2D eigenvalue weighted by Gasteiger charge is -2.27. The summed E-state index contributed by atoms with van der Waals surface area (Å²) >= 11 is 0. The standard InChI is InChI=1S/C17H27N5.C11H12F3NO2.C7H18N2.2C2H6/c1-5-14-7-6-12(2)17(9-8-14)22(19)11-16(18)15-10-20-21(4)13(15)3;1-17-10-4-2-3-9(11(12,13)14)5-8(10)6-15-7-16;1-4-8-6-5-7-9(2)3;2*1-2/h6-7,10-11,17H,5,8-9,18-19H2,1-4H3;3-5,7H,2,6H2,1H3,(H,15,16);8H,4-7H2,1-3H3;2*1-2H3/b16-11-;;;;. The van der Waals surface area contributed by atoms with Gasteiger partial charge in [0.05, 0.1) is 30.6 Å². The number of nitrogens with two attached hydrogens (primary N) is 2. The number of carbonyl (C=O) groups is 1. The van der Waals surface area contributed by atoms with Crippen molar-refractivity contribution in [2.45, 2.75) is 99.7 Å². The van der Waals surface area contributed by atoms with Crippen molar-refractivity contribution in [3.8, 4) is 0 Å². The molecule has 3 rings (SSSR count). The summed E-state index contributed by atoms with van der Waals surface area (Å²) in [7, 11) is 7.49. The van der Waals surface area contributed by atoms with E-state index in [0.717, 1.165) is 55.8 Å². The molecule has 1 heterocycles. The molecule has 0 radical (unpaired) electrons. The lowest BCUT2D eigenvalue weighted by Crippen LogP contribution is -2.38. The van der Waals surface area contributed by atoms with E-state index in [2.05, 4.69) is 67.7 Å². The molecule has 10 nitrogen and oxygen atoms in total. The van der Waals surface area contributed by atoms with Gasteiger partial charge in [0.15, 0.2) is 0 Å². The Kier molecular flexibility index (Phi) is 27.8. The van der Waals surface area contributed by atoms with E-state index in [1.54, 1.807) is 11.2 Å². The molecule has 2 aliphatic rings. The van der Waals surface area contributed by atoms with Crippen LogP contribution in [0.1, 0.15) is 91.8 Å². The van der Waals surface area contributed by atoms with Crippen LogP contribution in [0.5, 0.6) is 0 Å². The summed E-state index contributed by atoms with van der Waals surface area (Å²) in [6, 6.07) is 0.177. The minimum absolute atomic E-state index is 0.00338. The maximum absolute atomic E-state index is 12.6. The molecule has 1 aromatic rings. The van der Waals surface area contributed by atoms with Crippen molar-refractivity contribution in [2.24, 2.45) is 18.6 Å². The molecular formula is C39H69F3N8O2. The van der Waals surface area contributed by atoms with Crippen LogP contribution in [0, 0.1) is 6.92 Å². The molecule has 6 N–H and O–H groups in total. The van der Waals surface area contributed by atoms with Gasteiger partial charge in [-0.05, 0) is 97.4 Å². The molecule has 1 unspecified atom stereocenters. The summed E-state index contributed by atoms with van der Waals surface area (Å²) < 4.78 is 44.5. The highest BCUT2D eigenvalue weighted by Gasteiger charge is 2.33. The van der Waals surface area contributed by atoms with Gasteiger partial charge in [-0.25, -0.2) is 5.84 Å². The first-order valence-corrected chi connectivity index (χ1v) is 18.3. The van der Waals surface area contributed by atoms with E-state index >= 15 is 0 Å². The number of aromatic nitrogens is 2. The number of amides is 1. The quantitative estimate of drug-likeness (QED) is 0.0720. The summed E-state index contributed by atoms with van der Waals surface area (Å²) in [5.41, 5.74) is 11.1. The van der Waals surface area contributed by atoms with Crippen molar-refractivity contribution >= 4 is 12.1 Å². The van der Waals surface area contributed by atoms with E-state index in [1.807, 2.05) is 52.5 Å². The zero-order valence-corrected chi connectivity index (χ0v) is 34.0. The Morgan fingerprint density at radius 1 is 1.13 bits per heavy atom. The maximum atomic E-state index is 12.6. The van der Waals surface area contributed by atoms with E-state index in [-0.39, 0.29) is 19.0 Å². The molecule has 0 aromatic carbocycles. The van der Waals surface area contributed by atoms with E-state index in [9.17, 15) is 18.0 Å². The molecule has 13 heteroatoms. The predicted molar refractivity (Wildman–Crippen MR) is 212 cm³/mol. The molecule has 0 bridgehead atoms. The van der Waals surface area contributed by atoms with Crippen LogP contribution in [0.25, 0.3) is 5.70 Å². The molecular weight excluding hydrogens is 669 g/mol. The molecule has 0 spiro atoms. The van der Waals surface area contributed by atoms with Crippen LogP contribution in [-0.4, -0.2) is 85.7 Å². The number of hydrazine groups is 1. The number of aryl methyl sites for hydroxylation is 1. The highest BCUT2D eigenvalue weighted by molar-refractivity contribution is 5.63. The maximum Gasteiger partial charge on any atom is 0.416 e. The van der Waals surface area contributed by atoms with Crippen molar-refractivity contribution in [1.82, 2.24) is 30.3 Å². The number of hydrogen-bond donors (Lipinski definition) is 4. The van der Waals surface area contributed by atoms with Crippen LogP contribution in [0.4, 0.5) is 13.2 Å². The average molecular weight is 739 g/mol. The first kappa shape index (κ1) is 50.3. The van der Waals surface area contributed by atoms with Crippen LogP contribution >= 0.6 is 0 Å².